The van der Waals surface area contributed by atoms with Crippen LogP contribution < -0.4 is 5.32 Å². The zero-order chi connectivity index (χ0) is 18.4. The van der Waals surface area contributed by atoms with Crippen LogP contribution in [-0.4, -0.2) is 18.6 Å². The summed E-state index contributed by atoms with van der Waals surface area (Å²) in [6.07, 6.45) is 10.8. The van der Waals surface area contributed by atoms with Crippen molar-refractivity contribution in [2.75, 3.05) is 7.05 Å². The fourth-order valence-electron chi connectivity index (χ4n) is 5.60. The summed E-state index contributed by atoms with van der Waals surface area (Å²) in [4.78, 5) is 24.8. The van der Waals surface area contributed by atoms with Crippen LogP contribution in [0, 0.1) is 22.7 Å². The predicted octanol–water partition coefficient (Wildman–Crippen LogP) is 4.36. The van der Waals surface area contributed by atoms with Crippen LogP contribution in [0.4, 0.5) is 0 Å². The average Bonchev–Trinajstić information content (AvgIpc) is 2.57. The predicted molar refractivity (Wildman–Crippen MR) is 101 cm³/mol. The molecule has 0 aliphatic heterocycles. The van der Waals surface area contributed by atoms with E-state index in [1.165, 1.54) is 30.9 Å². The van der Waals surface area contributed by atoms with E-state index in [9.17, 15) is 9.59 Å². The molecular weight excluding hydrogens is 310 g/mol. The van der Waals surface area contributed by atoms with Crippen LogP contribution in [0.25, 0.3) is 0 Å². The number of carbonyl (C=O) groups is 2. The maximum atomic E-state index is 12.8. The van der Waals surface area contributed by atoms with Gasteiger partial charge in [0, 0.05) is 18.7 Å². The van der Waals surface area contributed by atoms with Crippen molar-refractivity contribution in [3.8, 4) is 0 Å². The number of carbonyl (C=O) groups excluding carboxylic acids is 2. The van der Waals surface area contributed by atoms with E-state index in [0.717, 1.165) is 6.42 Å². The monoisotopic (exact) mass is 341 g/mol. The Kier molecular flexibility index (Phi) is 4.55. The number of fused-ring (bicyclic) bond motifs is 1. The van der Waals surface area contributed by atoms with Gasteiger partial charge in [0.25, 0.3) is 0 Å². The number of allylic oxidation sites excluding steroid dienone is 5. The summed E-state index contributed by atoms with van der Waals surface area (Å²) < 4.78 is 0. The molecule has 4 atom stereocenters. The first kappa shape index (κ1) is 18.2. The zero-order valence-electron chi connectivity index (χ0n) is 16.2. The number of Topliss-reactive ketones (excluding diaryl/α,β-unsaturated/α-hetero) is 1. The van der Waals surface area contributed by atoms with Crippen LogP contribution in [-0.2, 0) is 9.59 Å². The molecule has 3 heteroatoms. The molecule has 0 bridgehead atoms. The van der Waals surface area contributed by atoms with Crippen molar-refractivity contribution in [2.45, 2.75) is 59.8 Å². The highest BCUT2D eigenvalue weighted by Crippen LogP contribution is 2.62. The number of rotatable bonds is 3. The molecule has 1 saturated carbocycles. The van der Waals surface area contributed by atoms with E-state index < -0.39 is 0 Å². The van der Waals surface area contributed by atoms with Crippen LogP contribution >= 0.6 is 0 Å². The van der Waals surface area contributed by atoms with Crippen LogP contribution in [0.1, 0.15) is 59.8 Å². The molecule has 1 N–H and O–H groups in total. The third-order valence-electron chi connectivity index (χ3n) is 7.57. The lowest BCUT2D eigenvalue weighted by molar-refractivity contribution is -0.116. The minimum absolute atomic E-state index is 0.00845. The van der Waals surface area contributed by atoms with Gasteiger partial charge in [-0.05, 0) is 67.8 Å². The Labute approximate surface area is 151 Å². The third-order valence-corrected chi connectivity index (χ3v) is 7.57. The van der Waals surface area contributed by atoms with Gasteiger partial charge in [-0.1, -0.05) is 32.4 Å². The Bertz CT molecular complexity index is 699. The summed E-state index contributed by atoms with van der Waals surface area (Å²) in [5.41, 5.74) is 2.89. The highest BCUT2D eigenvalue weighted by molar-refractivity contribution is 6.19. The summed E-state index contributed by atoms with van der Waals surface area (Å²) in [5, 5.41) is 2.89. The van der Waals surface area contributed by atoms with E-state index in [2.05, 4.69) is 39.1 Å². The Morgan fingerprint density at radius 3 is 2.60 bits per heavy atom. The number of hydrogen-bond donors (Lipinski definition) is 1. The molecule has 0 aromatic heterocycles. The van der Waals surface area contributed by atoms with Gasteiger partial charge >= 0.3 is 0 Å². The minimum atomic E-state index is -0.0755. The molecule has 0 saturated heterocycles. The number of likely N-dealkylation sites (N-methyl/N-ethyl adjacent to an activating group) is 1. The van der Waals surface area contributed by atoms with Crippen molar-refractivity contribution in [1.29, 1.82) is 0 Å². The molecule has 0 aromatic carbocycles. The standard InChI is InChI=1S/C22H31NO2/c1-14-7-6-8-19-21(14,3)10-9-15(2)22(19,4)13-16-11-17(24)12-18(23-5)20(16)25/h7,11-12,15,19,23H,6,8-10,13H2,1-5H3/t15-,19+,21+,22+/m0/s1. The Morgan fingerprint density at radius 1 is 1.20 bits per heavy atom. The van der Waals surface area contributed by atoms with Crippen molar-refractivity contribution in [3.63, 3.8) is 0 Å². The van der Waals surface area contributed by atoms with E-state index in [0.29, 0.717) is 29.5 Å². The minimum Gasteiger partial charge on any atom is -0.385 e. The summed E-state index contributed by atoms with van der Waals surface area (Å²) >= 11 is 0. The molecule has 0 unspecified atom stereocenters. The first-order chi connectivity index (χ1) is 11.7. The van der Waals surface area contributed by atoms with Gasteiger partial charge in [0.05, 0.1) is 5.70 Å². The van der Waals surface area contributed by atoms with Crippen LogP contribution in [0.15, 0.2) is 35.1 Å². The Hall–Kier alpha value is -1.64. The number of nitrogens with one attached hydrogen (secondary N) is 1. The molecule has 25 heavy (non-hydrogen) atoms. The molecular formula is C22H31NO2. The first-order valence-corrected chi connectivity index (χ1v) is 9.58. The molecule has 3 nitrogen and oxygen atoms in total. The molecule has 0 radical (unpaired) electrons. The molecule has 0 aromatic rings. The quantitative estimate of drug-likeness (QED) is 0.613. The van der Waals surface area contributed by atoms with Crippen molar-refractivity contribution in [2.24, 2.45) is 22.7 Å². The lowest BCUT2D eigenvalue weighted by Crippen LogP contribution is -2.50. The van der Waals surface area contributed by atoms with E-state index in [4.69, 9.17) is 0 Å². The van der Waals surface area contributed by atoms with Gasteiger partial charge in [0.1, 0.15) is 0 Å². The highest BCUT2D eigenvalue weighted by Gasteiger charge is 2.53. The summed E-state index contributed by atoms with van der Waals surface area (Å²) in [6.45, 7) is 9.37. The lowest BCUT2D eigenvalue weighted by atomic mass is 9.46. The van der Waals surface area contributed by atoms with E-state index in [1.54, 1.807) is 13.1 Å². The van der Waals surface area contributed by atoms with Gasteiger partial charge in [-0.2, -0.15) is 0 Å². The summed E-state index contributed by atoms with van der Waals surface area (Å²) in [7, 11) is 1.71. The second kappa shape index (κ2) is 6.26. The fourth-order valence-corrected chi connectivity index (χ4v) is 5.60. The van der Waals surface area contributed by atoms with Gasteiger partial charge in [-0.25, -0.2) is 0 Å². The SMILES string of the molecule is CNC1=CC(=O)C=C(C[C@]2(C)[C@@H](C)CC[C@]3(C)C(C)=CCC[C@@H]23)C1=O. The van der Waals surface area contributed by atoms with Crippen molar-refractivity contribution >= 4 is 11.6 Å². The van der Waals surface area contributed by atoms with E-state index in [-0.39, 0.29) is 22.4 Å². The van der Waals surface area contributed by atoms with E-state index in [1.807, 2.05) is 0 Å². The molecule has 3 aliphatic carbocycles. The Balaban J connectivity index is 1.96. The van der Waals surface area contributed by atoms with Crippen molar-refractivity contribution < 1.29 is 9.59 Å². The molecule has 3 aliphatic rings. The topological polar surface area (TPSA) is 46.2 Å². The maximum absolute atomic E-state index is 12.8. The van der Waals surface area contributed by atoms with Crippen LogP contribution in [0.5, 0.6) is 0 Å². The third kappa shape index (κ3) is 2.82. The smallest absolute Gasteiger partial charge is 0.205 e. The van der Waals surface area contributed by atoms with E-state index >= 15 is 0 Å². The lowest BCUT2D eigenvalue weighted by Gasteiger charge is -2.58. The van der Waals surface area contributed by atoms with Gasteiger partial charge < -0.3 is 5.32 Å². The molecule has 3 rings (SSSR count). The normalized spacial score (nSPS) is 38.5. The Morgan fingerprint density at radius 2 is 1.92 bits per heavy atom. The molecule has 0 amide bonds. The second-order valence-electron chi connectivity index (χ2n) is 8.77. The van der Waals surface area contributed by atoms with Crippen LogP contribution in [0.3, 0.4) is 0 Å². The number of hydrogen-bond acceptors (Lipinski definition) is 3. The van der Waals surface area contributed by atoms with Gasteiger partial charge in [0.15, 0.2) is 5.78 Å². The average molecular weight is 341 g/mol. The molecule has 0 spiro atoms. The molecule has 1 fully saturated rings. The van der Waals surface area contributed by atoms with Gasteiger partial charge in [-0.15, -0.1) is 0 Å². The van der Waals surface area contributed by atoms with Crippen LogP contribution in [0.2, 0.25) is 0 Å². The first-order valence-electron chi connectivity index (χ1n) is 9.58. The largest absolute Gasteiger partial charge is 0.385 e. The summed E-state index contributed by atoms with van der Waals surface area (Å²) in [6, 6.07) is 0. The van der Waals surface area contributed by atoms with Gasteiger partial charge in [-0.3, -0.25) is 9.59 Å². The molecule has 136 valence electrons. The van der Waals surface area contributed by atoms with Gasteiger partial charge in [0.2, 0.25) is 5.78 Å². The second-order valence-corrected chi connectivity index (χ2v) is 8.77. The maximum Gasteiger partial charge on any atom is 0.205 e. The van der Waals surface area contributed by atoms with Crippen molar-refractivity contribution in [3.05, 3.63) is 35.1 Å². The zero-order valence-corrected chi connectivity index (χ0v) is 16.2. The van der Waals surface area contributed by atoms with Crippen molar-refractivity contribution in [1.82, 2.24) is 5.32 Å². The highest BCUT2D eigenvalue weighted by atomic mass is 16.1. The number of ketones is 2. The molecule has 0 heterocycles. The fraction of sp³-hybridized carbons (Fsp3) is 0.636. The summed E-state index contributed by atoms with van der Waals surface area (Å²) in [5.74, 6) is 1.02.